The number of hydrogen-bond acceptors (Lipinski definition) is 6. The van der Waals surface area contributed by atoms with E-state index in [0.29, 0.717) is 0 Å². The van der Waals surface area contributed by atoms with Crippen molar-refractivity contribution in [2.45, 2.75) is 16.5 Å². The Morgan fingerprint density at radius 2 is 0.609 bits per heavy atom. The summed E-state index contributed by atoms with van der Waals surface area (Å²) in [6.07, 6.45) is 0. The summed E-state index contributed by atoms with van der Waals surface area (Å²) in [7, 11) is -24.1. The first-order chi connectivity index (χ1) is 9.12. The number of sulfone groups is 3. The molecule has 0 atom stereocenters. The molecule has 0 aliphatic heterocycles. The van der Waals surface area contributed by atoms with Crippen LogP contribution in [0.4, 0.5) is 39.5 Å². The van der Waals surface area contributed by atoms with Crippen LogP contribution in [0.2, 0.25) is 0 Å². The molecular weight excluding hydrogens is 538 g/mol. The van der Waals surface area contributed by atoms with Crippen LogP contribution in [0.5, 0.6) is 0 Å². The van der Waals surface area contributed by atoms with Gasteiger partial charge in [-0.15, -0.1) is 0 Å². The van der Waals surface area contributed by atoms with E-state index in [0.717, 1.165) is 0 Å². The van der Waals surface area contributed by atoms with Crippen LogP contribution in [0.3, 0.4) is 0 Å². The second-order valence-corrected chi connectivity index (χ2v) is 9.51. The first-order valence-electron chi connectivity index (χ1n) is 3.93. The van der Waals surface area contributed by atoms with Crippen molar-refractivity contribution in [3.05, 3.63) is 3.91 Å². The Kier molecular flexibility index (Phi) is 6.96. The van der Waals surface area contributed by atoms with Crippen LogP contribution < -0.4 is 24.0 Å². The van der Waals surface area contributed by atoms with E-state index in [1.54, 1.807) is 0 Å². The van der Waals surface area contributed by atoms with Crippen molar-refractivity contribution in [2.75, 3.05) is 0 Å². The quantitative estimate of drug-likeness (QED) is 0.227. The molecule has 0 radical (unpaired) electrons. The van der Waals surface area contributed by atoms with Crippen LogP contribution in [0.15, 0.2) is 0 Å². The van der Waals surface area contributed by atoms with Crippen molar-refractivity contribution < 1.29 is 88.7 Å². The van der Waals surface area contributed by atoms with Gasteiger partial charge in [-0.25, -0.2) is 0 Å². The molecular formula is C4H2F9IO6S3. The summed E-state index contributed by atoms with van der Waals surface area (Å²) < 4.78 is 167. The second kappa shape index (κ2) is 6.35. The van der Waals surface area contributed by atoms with E-state index in [4.69, 9.17) is 0 Å². The molecule has 0 aromatic rings. The van der Waals surface area contributed by atoms with E-state index in [2.05, 4.69) is 0 Å². The first kappa shape index (κ1) is 25.2. The molecule has 0 aromatic carbocycles. The van der Waals surface area contributed by atoms with Crippen LogP contribution >= 0.6 is 0 Å². The van der Waals surface area contributed by atoms with Crippen molar-refractivity contribution in [1.29, 1.82) is 0 Å². The molecule has 0 aliphatic carbocycles. The maximum atomic E-state index is 12.0. The van der Waals surface area contributed by atoms with E-state index in [1.165, 1.54) is 0 Å². The molecule has 0 saturated heterocycles. The summed E-state index contributed by atoms with van der Waals surface area (Å²) >= 11 is 0. The maximum absolute atomic E-state index is 12.0. The fourth-order valence-electron chi connectivity index (χ4n) is 0.717. The van der Waals surface area contributed by atoms with Gasteiger partial charge in [0.15, 0.2) is 29.5 Å². The number of alkyl halides is 9. The maximum Gasteiger partial charge on any atom is 0.470 e. The van der Waals surface area contributed by atoms with Gasteiger partial charge in [-0.3, -0.25) is 25.3 Å². The third-order valence-corrected chi connectivity index (χ3v) is 8.67. The molecule has 0 N–H and O–H groups in total. The standard InChI is InChI=1S/C4F9O6S3.H2I/c5-2(6,7)20(14,15)1(21(16,17)3(8,9)10)22(18,19)4(11,12)13;/h;1H2/q-1;+1. The Hall–Kier alpha value is -0.0500. The lowest BCUT2D eigenvalue weighted by Gasteiger charge is -2.31. The summed E-state index contributed by atoms with van der Waals surface area (Å²) in [4.78, 5) is 0. The molecule has 0 unspecified atom stereocenters. The van der Waals surface area contributed by atoms with E-state index in [-0.39, 0.29) is 24.0 Å². The lowest BCUT2D eigenvalue weighted by atomic mass is 11.5. The molecule has 0 aromatic heterocycles. The summed E-state index contributed by atoms with van der Waals surface area (Å²) in [6, 6.07) is 0. The average molecular weight is 540 g/mol. The van der Waals surface area contributed by atoms with Crippen molar-refractivity contribution in [1.82, 2.24) is 0 Å². The van der Waals surface area contributed by atoms with Gasteiger partial charge in [0.25, 0.3) is 0 Å². The number of rotatable bonds is 3. The highest BCUT2D eigenvalue weighted by molar-refractivity contribution is 8.29. The molecule has 23 heavy (non-hydrogen) atoms. The topological polar surface area (TPSA) is 102 Å². The highest BCUT2D eigenvalue weighted by atomic mass is 127. The molecule has 0 amide bonds. The third-order valence-electron chi connectivity index (χ3n) is 1.57. The zero-order chi connectivity index (χ0) is 18.6. The average Bonchev–Trinajstić information content (AvgIpc) is 2.09. The van der Waals surface area contributed by atoms with Crippen LogP contribution in [0, 0.1) is 3.91 Å². The molecule has 142 valence electrons. The highest BCUT2D eigenvalue weighted by Gasteiger charge is 2.63. The van der Waals surface area contributed by atoms with Crippen molar-refractivity contribution >= 4 is 29.5 Å². The van der Waals surface area contributed by atoms with Crippen LogP contribution in [0.1, 0.15) is 0 Å². The number of hydrogen-bond donors (Lipinski definition) is 0. The predicted octanol–water partition coefficient (Wildman–Crippen LogP) is -2.29. The Bertz CT molecular complexity index is 634. The van der Waals surface area contributed by atoms with Gasteiger partial charge in [-0.1, -0.05) is 0 Å². The predicted molar refractivity (Wildman–Crippen MR) is 51.0 cm³/mol. The molecule has 19 heteroatoms. The van der Waals surface area contributed by atoms with Gasteiger partial charge in [0.1, 0.15) is 0 Å². The Morgan fingerprint density at radius 1 is 0.478 bits per heavy atom. The summed E-state index contributed by atoms with van der Waals surface area (Å²) in [6.45, 7) is 0. The van der Waals surface area contributed by atoms with E-state index in [9.17, 15) is 64.8 Å². The summed E-state index contributed by atoms with van der Waals surface area (Å²) in [5.41, 5.74) is -21.2. The van der Waals surface area contributed by atoms with E-state index < -0.39 is 50.0 Å². The zero-order valence-corrected chi connectivity index (χ0v) is 14.5. The minimum atomic E-state index is -8.02. The first-order valence-corrected chi connectivity index (χ1v) is 8.38. The van der Waals surface area contributed by atoms with Gasteiger partial charge in [0, 0.05) is 0 Å². The Labute approximate surface area is 138 Å². The molecule has 0 rings (SSSR count). The molecule has 0 bridgehead atoms. The Balaban J connectivity index is 0. The lowest BCUT2D eigenvalue weighted by Crippen LogP contribution is -3.00. The number of halogens is 10. The largest absolute Gasteiger partial charge is 0.470 e. The fraction of sp³-hybridized carbons (Fsp3) is 0.750. The second-order valence-electron chi connectivity index (χ2n) is 3.10. The van der Waals surface area contributed by atoms with Crippen molar-refractivity contribution in [3.8, 4) is 0 Å². The van der Waals surface area contributed by atoms with Crippen LogP contribution in [-0.4, -0.2) is 41.8 Å². The monoisotopic (exact) mass is 540 g/mol. The Morgan fingerprint density at radius 3 is 0.696 bits per heavy atom. The molecule has 0 spiro atoms. The normalized spacial score (nSPS) is 15.4. The fourth-order valence-corrected chi connectivity index (χ4v) is 6.45. The van der Waals surface area contributed by atoms with Crippen molar-refractivity contribution in [2.24, 2.45) is 0 Å². The molecule has 0 heterocycles. The summed E-state index contributed by atoms with van der Waals surface area (Å²) in [5, 5.41) is 0. The minimum absolute atomic E-state index is 0. The van der Waals surface area contributed by atoms with Gasteiger partial charge in [0.05, 0.1) is 3.91 Å². The van der Waals surface area contributed by atoms with Gasteiger partial charge < -0.3 is 0 Å². The molecule has 6 nitrogen and oxygen atoms in total. The lowest BCUT2D eigenvalue weighted by molar-refractivity contribution is -0.0471. The van der Waals surface area contributed by atoms with E-state index in [1.807, 2.05) is 0 Å². The van der Waals surface area contributed by atoms with Gasteiger partial charge in [0.2, 0.25) is 24.0 Å². The minimum Gasteiger partial charge on any atom is -0.251 e. The molecule has 0 saturated carbocycles. The molecule has 0 fully saturated rings. The smallest absolute Gasteiger partial charge is 0.251 e. The van der Waals surface area contributed by atoms with Gasteiger partial charge in [-0.2, -0.15) is 39.5 Å². The highest BCUT2D eigenvalue weighted by Crippen LogP contribution is 2.47. The van der Waals surface area contributed by atoms with E-state index >= 15 is 0 Å². The van der Waals surface area contributed by atoms with Gasteiger partial charge in [-0.05, 0) is 0 Å². The van der Waals surface area contributed by atoms with Gasteiger partial charge >= 0.3 is 16.5 Å². The van der Waals surface area contributed by atoms with Crippen molar-refractivity contribution in [3.63, 3.8) is 0 Å². The summed E-state index contributed by atoms with van der Waals surface area (Å²) in [5.74, 6) is 0. The SMILES string of the molecule is O=S(=O)([C-](S(=O)(=O)C(F)(F)F)S(=O)(=O)C(F)(F)F)C(F)(F)F.[IH2+]. The third kappa shape index (κ3) is 4.32. The zero-order valence-electron chi connectivity index (χ0n) is 9.52. The van der Waals surface area contributed by atoms with Crippen LogP contribution in [0.25, 0.3) is 0 Å². The van der Waals surface area contributed by atoms with Crippen LogP contribution in [-0.2, 0) is 29.5 Å². The molecule has 0 aliphatic rings.